The van der Waals surface area contributed by atoms with Gasteiger partial charge in [0.1, 0.15) is 35.4 Å². The second-order valence-electron chi connectivity index (χ2n) is 4.65. The lowest BCUT2D eigenvalue weighted by molar-refractivity contribution is 0.00741. The van der Waals surface area contributed by atoms with E-state index in [0.29, 0.717) is 5.56 Å². The van der Waals surface area contributed by atoms with Gasteiger partial charge in [0.15, 0.2) is 0 Å². The van der Waals surface area contributed by atoms with Gasteiger partial charge in [-0.2, -0.15) is 5.26 Å². The summed E-state index contributed by atoms with van der Waals surface area (Å²) in [5, 5.41) is 19.3. The van der Waals surface area contributed by atoms with Crippen LogP contribution in [0.25, 0.3) is 0 Å². The fourth-order valence-electron chi connectivity index (χ4n) is 1.83. The molecule has 102 valence electrons. The summed E-state index contributed by atoms with van der Waals surface area (Å²) >= 11 is 0. The molecule has 1 N–H and O–H groups in total. The molecule has 0 aromatic heterocycles. The van der Waals surface area contributed by atoms with Gasteiger partial charge in [0.25, 0.3) is 0 Å². The third kappa shape index (κ3) is 2.95. The topological polar surface area (TPSA) is 53.2 Å². The van der Waals surface area contributed by atoms with Gasteiger partial charge in [0.05, 0.1) is 0 Å². The van der Waals surface area contributed by atoms with E-state index in [1.54, 1.807) is 25.1 Å². The molecule has 0 saturated carbocycles. The maximum Gasteiger partial charge on any atom is 0.144 e. The van der Waals surface area contributed by atoms with Gasteiger partial charge in [-0.15, -0.1) is 0 Å². The molecule has 0 aliphatic rings. The predicted molar refractivity (Wildman–Crippen MR) is 72.6 cm³/mol. The van der Waals surface area contributed by atoms with Crippen LogP contribution in [-0.2, 0) is 5.60 Å². The summed E-state index contributed by atoms with van der Waals surface area (Å²) in [6.45, 7) is 1.53. The molecular formula is C16H14FNO2. The molecule has 4 heteroatoms. The van der Waals surface area contributed by atoms with Crippen LogP contribution in [0.5, 0.6) is 5.75 Å². The quantitative estimate of drug-likeness (QED) is 0.930. The molecule has 1 unspecified atom stereocenters. The number of hydrogen-bond acceptors (Lipinski definition) is 3. The lowest BCUT2D eigenvalue weighted by Crippen LogP contribution is -2.29. The maximum absolute atomic E-state index is 13.4. The van der Waals surface area contributed by atoms with Gasteiger partial charge >= 0.3 is 0 Å². The zero-order valence-corrected chi connectivity index (χ0v) is 11.0. The number of nitriles is 1. The molecule has 20 heavy (non-hydrogen) atoms. The van der Waals surface area contributed by atoms with Gasteiger partial charge in [-0.25, -0.2) is 4.39 Å². The molecule has 0 radical (unpaired) electrons. The summed E-state index contributed by atoms with van der Waals surface area (Å²) in [7, 11) is 0. The first-order valence-electron chi connectivity index (χ1n) is 6.14. The van der Waals surface area contributed by atoms with E-state index < -0.39 is 11.4 Å². The van der Waals surface area contributed by atoms with E-state index in [0.717, 1.165) is 0 Å². The van der Waals surface area contributed by atoms with Crippen molar-refractivity contribution in [1.82, 2.24) is 0 Å². The highest BCUT2D eigenvalue weighted by Crippen LogP contribution is 2.25. The van der Waals surface area contributed by atoms with E-state index >= 15 is 0 Å². The smallest absolute Gasteiger partial charge is 0.144 e. The molecule has 3 nitrogen and oxygen atoms in total. The first-order valence-corrected chi connectivity index (χ1v) is 6.14. The Bertz CT molecular complexity index is 633. The molecule has 2 rings (SSSR count). The molecule has 0 heterocycles. The fourth-order valence-corrected chi connectivity index (χ4v) is 1.83. The normalized spacial score (nSPS) is 13.3. The van der Waals surface area contributed by atoms with Gasteiger partial charge < -0.3 is 9.84 Å². The van der Waals surface area contributed by atoms with Crippen LogP contribution in [0.15, 0.2) is 48.5 Å². The highest BCUT2D eigenvalue weighted by molar-refractivity contribution is 5.43. The van der Waals surface area contributed by atoms with Crippen LogP contribution < -0.4 is 4.74 Å². The third-order valence-electron chi connectivity index (χ3n) is 2.99. The van der Waals surface area contributed by atoms with Crippen LogP contribution in [0.3, 0.4) is 0 Å². The lowest BCUT2D eigenvalue weighted by atomic mass is 9.97. The van der Waals surface area contributed by atoms with Crippen molar-refractivity contribution in [2.75, 3.05) is 6.61 Å². The molecular weight excluding hydrogens is 257 g/mol. The Hall–Kier alpha value is -2.38. The molecule has 0 aliphatic heterocycles. The Morgan fingerprint density at radius 2 is 1.90 bits per heavy atom. The second-order valence-corrected chi connectivity index (χ2v) is 4.65. The third-order valence-corrected chi connectivity index (χ3v) is 2.99. The first-order chi connectivity index (χ1) is 9.54. The standard InChI is InChI=1S/C16H14FNO2/c1-16(19,12-6-3-2-4-7-12)11-20-15-9-5-8-14(17)13(15)10-18/h2-9,19H,11H2,1H3. The van der Waals surface area contributed by atoms with Crippen molar-refractivity contribution in [3.05, 3.63) is 65.5 Å². The molecule has 1 atom stereocenters. The summed E-state index contributed by atoms with van der Waals surface area (Å²) < 4.78 is 18.8. The van der Waals surface area contributed by atoms with Crippen molar-refractivity contribution >= 4 is 0 Å². The van der Waals surface area contributed by atoms with E-state index in [-0.39, 0.29) is 17.9 Å². The molecule has 0 saturated heterocycles. The van der Waals surface area contributed by atoms with Crippen molar-refractivity contribution in [1.29, 1.82) is 5.26 Å². The number of hydrogen-bond donors (Lipinski definition) is 1. The van der Waals surface area contributed by atoms with Crippen LogP contribution in [0.2, 0.25) is 0 Å². The molecule has 0 amide bonds. The largest absolute Gasteiger partial charge is 0.489 e. The number of halogens is 1. The first kappa shape index (κ1) is 14.0. The number of nitrogens with zero attached hydrogens (tertiary/aromatic N) is 1. The minimum Gasteiger partial charge on any atom is -0.489 e. The molecule has 0 aliphatic carbocycles. The van der Waals surface area contributed by atoms with E-state index in [1.165, 1.54) is 18.2 Å². The van der Waals surface area contributed by atoms with Gasteiger partial charge in [0, 0.05) is 0 Å². The Kier molecular flexibility index (Phi) is 4.02. The highest BCUT2D eigenvalue weighted by Gasteiger charge is 2.24. The summed E-state index contributed by atoms with van der Waals surface area (Å²) in [6.07, 6.45) is 0. The maximum atomic E-state index is 13.4. The average molecular weight is 271 g/mol. The highest BCUT2D eigenvalue weighted by atomic mass is 19.1. The lowest BCUT2D eigenvalue weighted by Gasteiger charge is -2.24. The predicted octanol–water partition coefficient (Wildman–Crippen LogP) is 2.98. The molecule has 0 bridgehead atoms. The number of ether oxygens (including phenoxy) is 1. The van der Waals surface area contributed by atoms with Gasteiger partial charge in [-0.1, -0.05) is 36.4 Å². The Morgan fingerprint density at radius 1 is 1.20 bits per heavy atom. The molecule has 0 spiro atoms. The van der Waals surface area contributed by atoms with E-state index in [2.05, 4.69) is 0 Å². The molecule has 0 fully saturated rings. The SMILES string of the molecule is CC(O)(COc1cccc(F)c1C#N)c1ccccc1. The Morgan fingerprint density at radius 3 is 2.55 bits per heavy atom. The molecule has 2 aromatic rings. The summed E-state index contributed by atoms with van der Waals surface area (Å²) in [5.74, 6) is -0.506. The van der Waals surface area contributed by atoms with Crippen LogP contribution in [-0.4, -0.2) is 11.7 Å². The Balaban J connectivity index is 2.17. The van der Waals surface area contributed by atoms with E-state index in [4.69, 9.17) is 10.00 Å². The average Bonchev–Trinajstić information content (AvgIpc) is 2.46. The Labute approximate surface area is 116 Å². The van der Waals surface area contributed by atoms with Crippen LogP contribution in [0.4, 0.5) is 4.39 Å². The minimum absolute atomic E-state index is 0.0743. The monoisotopic (exact) mass is 271 g/mol. The van der Waals surface area contributed by atoms with E-state index in [1.807, 2.05) is 18.2 Å². The van der Waals surface area contributed by atoms with E-state index in [9.17, 15) is 9.50 Å². The zero-order chi connectivity index (χ0) is 14.6. The number of benzene rings is 2. The van der Waals surface area contributed by atoms with Crippen molar-refractivity contribution in [2.24, 2.45) is 0 Å². The summed E-state index contributed by atoms with van der Waals surface area (Å²) in [5.41, 5.74) is -0.688. The van der Waals surface area contributed by atoms with Crippen LogP contribution in [0, 0.1) is 17.1 Å². The van der Waals surface area contributed by atoms with Crippen molar-refractivity contribution < 1.29 is 14.2 Å². The number of rotatable bonds is 4. The van der Waals surface area contributed by atoms with Gasteiger partial charge in [-0.05, 0) is 24.6 Å². The second kappa shape index (κ2) is 5.72. The number of aliphatic hydroxyl groups is 1. The minimum atomic E-state index is -1.22. The van der Waals surface area contributed by atoms with Gasteiger partial charge in [0.2, 0.25) is 0 Å². The summed E-state index contributed by atoms with van der Waals surface area (Å²) in [4.78, 5) is 0. The van der Waals surface area contributed by atoms with Crippen LogP contribution >= 0.6 is 0 Å². The van der Waals surface area contributed by atoms with Gasteiger partial charge in [-0.3, -0.25) is 0 Å². The van der Waals surface area contributed by atoms with Crippen molar-refractivity contribution in [3.63, 3.8) is 0 Å². The molecule has 2 aromatic carbocycles. The fraction of sp³-hybridized carbons (Fsp3) is 0.188. The van der Waals surface area contributed by atoms with Crippen molar-refractivity contribution in [3.8, 4) is 11.8 Å². The van der Waals surface area contributed by atoms with Crippen molar-refractivity contribution in [2.45, 2.75) is 12.5 Å². The zero-order valence-electron chi connectivity index (χ0n) is 11.0. The summed E-state index contributed by atoms with van der Waals surface area (Å²) in [6, 6.07) is 14.9. The van der Waals surface area contributed by atoms with Crippen LogP contribution in [0.1, 0.15) is 18.1 Å².